The van der Waals surface area contributed by atoms with Crippen LogP contribution in [0.15, 0.2) is 65.0 Å². The van der Waals surface area contributed by atoms with Gasteiger partial charge in [-0.1, -0.05) is 42.5 Å². The van der Waals surface area contributed by atoms with Gasteiger partial charge in [-0.2, -0.15) is 0 Å². The SMILES string of the molecule is COc1c(/C=C/c2cccnc2)nc2scc(-c3ccccc3)n2c1=O. The highest BCUT2D eigenvalue weighted by atomic mass is 32.1. The van der Waals surface area contributed by atoms with E-state index in [1.807, 2.05) is 53.9 Å². The summed E-state index contributed by atoms with van der Waals surface area (Å²) in [5, 5.41) is 1.94. The van der Waals surface area contributed by atoms with E-state index in [0.717, 1.165) is 16.8 Å². The normalized spacial score (nSPS) is 11.3. The molecule has 3 heterocycles. The quantitative estimate of drug-likeness (QED) is 0.551. The van der Waals surface area contributed by atoms with Crippen LogP contribution in [-0.2, 0) is 0 Å². The molecule has 1 aromatic carbocycles. The molecule has 0 fully saturated rings. The molecule has 0 saturated carbocycles. The van der Waals surface area contributed by atoms with Crippen molar-refractivity contribution in [1.29, 1.82) is 0 Å². The summed E-state index contributed by atoms with van der Waals surface area (Å²) >= 11 is 1.43. The zero-order valence-corrected chi connectivity index (χ0v) is 14.8. The number of pyridine rings is 1. The molecule has 26 heavy (non-hydrogen) atoms. The fourth-order valence-electron chi connectivity index (χ4n) is 2.72. The summed E-state index contributed by atoms with van der Waals surface area (Å²) in [6, 6.07) is 13.6. The lowest BCUT2D eigenvalue weighted by molar-refractivity contribution is 0.404. The molecule has 3 aromatic heterocycles. The first kappa shape index (κ1) is 16.2. The minimum absolute atomic E-state index is 0.219. The molecular weight excluding hydrogens is 346 g/mol. The van der Waals surface area contributed by atoms with Crippen LogP contribution in [0.3, 0.4) is 0 Å². The second-order valence-corrected chi connectivity index (χ2v) is 6.40. The van der Waals surface area contributed by atoms with Gasteiger partial charge in [0.1, 0.15) is 5.69 Å². The number of hydrogen-bond acceptors (Lipinski definition) is 5. The molecule has 0 N–H and O–H groups in total. The van der Waals surface area contributed by atoms with Crippen molar-refractivity contribution in [1.82, 2.24) is 14.4 Å². The molecule has 6 heteroatoms. The second kappa shape index (κ2) is 6.93. The highest BCUT2D eigenvalue weighted by molar-refractivity contribution is 7.15. The van der Waals surface area contributed by atoms with Crippen LogP contribution in [0, 0.1) is 0 Å². The standard InChI is InChI=1S/C20H15N3O2S/c1-25-18-16(10-9-14-6-5-11-21-12-14)22-20-23(19(18)24)17(13-26-20)15-7-3-2-4-8-15/h2-13H,1H3/b10-9+. The summed E-state index contributed by atoms with van der Waals surface area (Å²) in [5.41, 5.74) is 2.98. The topological polar surface area (TPSA) is 56.5 Å². The van der Waals surface area contributed by atoms with E-state index in [0.29, 0.717) is 10.7 Å². The Labute approximate surface area is 153 Å². The van der Waals surface area contributed by atoms with Crippen molar-refractivity contribution in [2.45, 2.75) is 0 Å². The summed E-state index contributed by atoms with van der Waals surface area (Å²) in [5.74, 6) is 0.221. The van der Waals surface area contributed by atoms with E-state index in [9.17, 15) is 4.79 Å². The third kappa shape index (κ3) is 2.91. The molecular formula is C20H15N3O2S. The van der Waals surface area contributed by atoms with E-state index < -0.39 is 0 Å². The summed E-state index contributed by atoms with van der Waals surface area (Å²) < 4.78 is 6.97. The van der Waals surface area contributed by atoms with Gasteiger partial charge in [0.05, 0.1) is 12.8 Å². The van der Waals surface area contributed by atoms with Gasteiger partial charge in [-0.15, -0.1) is 11.3 Å². The molecule has 5 nitrogen and oxygen atoms in total. The lowest BCUT2D eigenvalue weighted by Gasteiger charge is -2.06. The average molecular weight is 361 g/mol. The van der Waals surface area contributed by atoms with E-state index in [2.05, 4.69) is 9.97 Å². The van der Waals surface area contributed by atoms with Gasteiger partial charge in [0, 0.05) is 17.8 Å². The van der Waals surface area contributed by atoms with E-state index in [-0.39, 0.29) is 11.3 Å². The van der Waals surface area contributed by atoms with Crippen molar-refractivity contribution < 1.29 is 4.74 Å². The Balaban J connectivity index is 1.87. The van der Waals surface area contributed by atoms with Gasteiger partial charge in [-0.25, -0.2) is 9.38 Å². The number of aromatic nitrogens is 3. The van der Waals surface area contributed by atoms with Gasteiger partial charge < -0.3 is 4.74 Å². The van der Waals surface area contributed by atoms with Crippen LogP contribution < -0.4 is 10.3 Å². The minimum Gasteiger partial charge on any atom is -0.490 e. The van der Waals surface area contributed by atoms with Gasteiger partial charge in [-0.3, -0.25) is 9.78 Å². The second-order valence-electron chi connectivity index (χ2n) is 5.56. The Morgan fingerprint density at radius 1 is 1.12 bits per heavy atom. The third-order valence-corrected chi connectivity index (χ3v) is 4.77. The lowest BCUT2D eigenvalue weighted by Crippen LogP contribution is -2.18. The van der Waals surface area contributed by atoms with Gasteiger partial charge in [0.15, 0.2) is 4.96 Å². The fourth-order valence-corrected chi connectivity index (χ4v) is 3.61. The number of hydrogen-bond donors (Lipinski definition) is 0. The molecule has 0 amide bonds. The van der Waals surface area contributed by atoms with Gasteiger partial charge in [0.2, 0.25) is 5.75 Å². The molecule has 4 aromatic rings. The Morgan fingerprint density at radius 2 is 1.96 bits per heavy atom. The summed E-state index contributed by atoms with van der Waals surface area (Å²) in [6.07, 6.45) is 7.09. The monoisotopic (exact) mass is 361 g/mol. The molecule has 0 spiro atoms. The zero-order chi connectivity index (χ0) is 17.9. The van der Waals surface area contributed by atoms with Crippen LogP contribution in [0.5, 0.6) is 5.75 Å². The minimum atomic E-state index is -0.219. The van der Waals surface area contributed by atoms with Crippen molar-refractivity contribution in [3.8, 4) is 17.0 Å². The van der Waals surface area contributed by atoms with Crippen molar-refractivity contribution in [3.05, 3.63) is 81.8 Å². The first-order valence-electron chi connectivity index (χ1n) is 7.99. The predicted molar refractivity (Wildman–Crippen MR) is 104 cm³/mol. The van der Waals surface area contributed by atoms with Crippen molar-refractivity contribution in [3.63, 3.8) is 0 Å². The Hall–Kier alpha value is -3.25. The maximum absolute atomic E-state index is 13.0. The van der Waals surface area contributed by atoms with Gasteiger partial charge >= 0.3 is 5.56 Å². The summed E-state index contributed by atoms with van der Waals surface area (Å²) in [6.45, 7) is 0. The smallest absolute Gasteiger partial charge is 0.302 e. The van der Waals surface area contributed by atoms with Crippen molar-refractivity contribution >= 4 is 28.4 Å². The lowest BCUT2D eigenvalue weighted by atomic mass is 10.2. The van der Waals surface area contributed by atoms with Crippen LogP contribution in [0.1, 0.15) is 11.3 Å². The summed E-state index contributed by atoms with van der Waals surface area (Å²) in [4.78, 5) is 22.3. The van der Waals surface area contributed by atoms with Crippen LogP contribution in [0.4, 0.5) is 0 Å². The van der Waals surface area contributed by atoms with Gasteiger partial charge in [-0.05, 0) is 23.3 Å². The number of ether oxygens (including phenoxy) is 1. The molecule has 0 radical (unpaired) electrons. The van der Waals surface area contributed by atoms with Crippen molar-refractivity contribution in [2.75, 3.05) is 7.11 Å². The average Bonchev–Trinajstić information content (AvgIpc) is 3.12. The predicted octanol–water partition coefficient (Wildman–Crippen LogP) is 4.00. The van der Waals surface area contributed by atoms with Gasteiger partial charge in [0.25, 0.3) is 0 Å². The highest BCUT2D eigenvalue weighted by Crippen LogP contribution is 2.26. The number of benzene rings is 1. The molecule has 0 atom stereocenters. The summed E-state index contributed by atoms with van der Waals surface area (Å²) in [7, 11) is 1.49. The Morgan fingerprint density at radius 3 is 2.69 bits per heavy atom. The molecule has 0 unspecified atom stereocenters. The fraction of sp³-hybridized carbons (Fsp3) is 0.0500. The molecule has 4 rings (SSSR count). The van der Waals surface area contributed by atoms with E-state index in [1.54, 1.807) is 22.9 Å². The molecule has 0 saturated heterocycles. The van der Waals surface area contributed by atoms with E-state index in [4.69, 9.17) is 4.74 Å². The Bertz CT molecular complexity index is 1130. The highest BCUT2D eigenvalue weighted by Gasteiger charge is 2.16. The Kier molecular flexibility index (Phi) is 4.33. The molecule has 128 valence electrons. The van der Waals surface area contributed by atoms with Crippen LogP contribution >= 0.6 is 11.3 Å². The third-order valence-electron chi connectivity index (χ3n) is 3.95. The number of nitrogens with zero attached hydrogens (tertiary/aromatic N) is 3. The molecule has 0 aliphatic heterocycles. The van der Waals surface area contributed by atoms with Crippen LogP contribution in [0.25, 0.3) is 28.4 Å². The van der Waals surface area contributed by atoms with Crippen molar-refractivity contribution in [2.24, 2.45) is 0 Å². The van der Waals surface area contributed by atoms with E-state index in [1.165, 1.54) is 18.4 Å². The molecule has 0 aliphatic rings. The number of fused-ring (bicyclic) bond motifs is 1. The zero-order valence-electron chi connectivity index (χ0n) is 14.0. The number of methoxy groups -OCH3 is 1. The van der Waals surface area contributed by atoms with Crippen LogP contribution in [0.2, 0.25) is 0 Å². The molecule has 0 bridgehead atoms. The first-order valence-corrected chi connectivity index (χ1v) is 8.87. The maximum atomic E-state index is 13.0. The number of rotatable bonds is 4. The number of thiazole rings is 1. The first-order chi connectivity index (χ1) is 12.8. The van der Waals surface area contributed by atoms with Crippen LogP contribution in [-0.4, -0.2) is 21.5 Å². The van der Waals surface area contributed by atoms with E-state index >= 15 is 0 Å². The largest absolute Gasteiger partial charge is 0.490 e. The maximum Gasteiger partial charge on any atom is 0.302 e. The molecule has 0 aliphatic carbocycles.